The topological polar surface area (TPSA) is 42.0 Å². The fraction of sp³-hybridized carbons (Fsp3) is 0.682. The van der Waals surface area contributed by atoms with Gasteiger partial charge >= 0.3 is 0 Å². The molecule has 0 N–H and O–H groups in total. The summed E-state index contributed by atoms with van der Waals surface area (Å²) < 4.78 is 11.2. The Kier molecular flexibility index (Phi) is 4.60. The molecule has 2 bridgehead atoms. The predicted molar refractivity (Wildman–Crippen MR) is 103 cm³/mol. The number of fused-ring (bicyclic) bond motifs is 2. The van der Waals surface area contributed by atoms with Crippen LogP contribution >= 0.6 is 0 Å². The van der Waals surface area contributed by atoms with Crippen LogP contribution in [0.25, 0.3) is 0 Å². The second-order valence-electron chi connectivity index (χ2n) is 8.58. The first-order valence-electron chi connectivity index (χ1n) is 10.5. The van der Waals surface area contributed by atoms with Crippen LogP contribution in [-0.4, -0.2) is 67.7 Å². The number of ether oxygens (including phenoxy) is 2. The van der Waals surface area contributed by atoms with Crippen LogP contribution in [0.4, 0.5) is 0 Å². The van der Waals surface area contributed by atoms with Gasteiger partial charge in [-0.15, -0.1) is 0 Å². The van der Waals surface area contributed by atoms with Crippen molar-refractivity contribution in [1.82, 2.24) is 9.80 Å². The Balaban J connectivity index is 1.49. The number of hydrogen-bond donors (Lipinski definition) is 0. The SMILES string of the molecule is COc1ccccc1[C@H]1CN(C(=O)C2CCOCC2)[C@@H]2C3CCN(CC3)[C@H]12. The smallest absolute Gasteiger partial charge is 0.226 e. The monoisotopic (exact) mass is 370 g/mol. The number of carbonyl (C=O) groups excluding carboxylic acids is 1. The van der Waals surface area contributed by atoms with Crippen molar-refractivity contribution in [1.29, 1.82) is 0 Å². The molecule has 0 aromatic heterocycles. The third-order valence-electron chi connectivity index (χ3n) is 7.39. The van der Waals surface area contributed by atoms with Crippen LogP contribution in [0.3, 0.4) is 0 Å². The van der Waals surface area contributed by atoms with E-state index in [-0.39, 0.29) is 5.92 Å². The Hall–Kier alpha value is -1.59. The molecule has 5 aliphatic rings. The molecule has 5 heterocycles. The van der Waals surface area contributed by atoms with E-state index in [4.69, 9.17) is 9.47 Å². The van der Waals surface area contributed by atoms with Gasteiger partial charge in [-0.05, 0) is 50.8 Å². The third kappa shape index (κ3) is 2.87. The van der Waals surface area contributed by atoms with Crippen molar-refractivity contribution in [2.75, 3.05) is 40.0 Å². The lowest BCUT2D eigenvalue weighted by Crippen LogP contribution is -2.61. The molecule has 5 nitrogen and oxygen atoms in total. The molecule has 3 atom stereocenters. The quantitative estimate of drug-likeness (QED) is 0.820. The Morgan fingerprint density at radius 2 is 1.81 bits per heavy atom. The molecule has 5 aliphatic heterocycles. The van der Waals surface area contributed by atoms with Crippen LogP contribution in [0.15, 0.2) is 24.3 Å². The van der Waals surface area contributed by atoms with Crippen molar-refractivity contribution >= 4 is 5.91 Å². The van der Waals surface area contributed by atoms with Crippen molar-refractivity contribution in [2.24, 2.45) is 11.8 Å². The first-order chi connectivity index (χ1) is 13.3. The number of methoxy groups -OCH3 is 1. The second kappa shape index (κ2) is 7.10. The molecule has 6 rings (SSSR count). The van der Waals surface area contributed by atoms with Crippen LogP contribution in [0.1, 0.15) is 37.2 Å². The summed E-state index contributed by atoms with van der Waals surface area (Å²) in [5.74, 6) is 2.48. The maximum Gasteiger partial charge on any atom is 0.226 e. The van der Waals surface area contributed by atoms with Gasteiger partial charge in [0.1, 0.15) is 5.75 Å². The summed E-state index contributed by atoms with van der Waals surface area (Å²) >= 11 is 0. The summed E-state index contributed by atoms with van der Waals surface area (Å²) in [7, 11) is 1.75. The molecule has 0 spiro atoms. The molecular weight excluding hydrogens is 340 g/mol. The Morgan fingerprint density at radius 1 is 1.07 bits per heavy atom. The summed E-state index contributed by atoms with van der Waals surface area (Å²) in [6.07, 6.45) is 4.22. The zero-order valence-corrected chi connectivity index (χ0v) is 16.2. The molecule has 0 unspecified atom stereocenters. The van der Waals surface area contributed by atoms with E-state index in [9.17, 15) is 4.79 Å². The summed E-state index contributed by atoms with van der Waals surface area (Å²) in [6.45, 7) is 4.64. The maximum atomic E-state index is 13.5. The molecule has 0 radical (unpaired) electrons. The first kappa shape index (κ1) is 17.5. The molecule has 5 saturated heterocycles. The van der Waals surface area contributed by atoms with Gasteiger partial charge in [0.15, 0.2) is 0 Å². The highest BCUT2D eigenvalue weighted by Crippen LogP contribution is 2.48. The minimum atomic E-state index is 0.145. The van der Waals surface area contributed by atoms with E-state index in [0.29, 0.717) is 29.8 Å². The van der Waals surface area contributed by atoms with Gasteiger partial charge in [0.05, 0.1) is 13.2 Å². The highest BCUT2D eigenvalue weighted by Gasteiger charge is 2.55. The largest absolute Gasteiger partial charge is 0.496 e. The van der Waals surface area contributed by atoms with Gasteiger partial charge in [0, 0.05) is 43.2 Å². The van der Waals surface area contributed by atoms with Crippen LogP contribution in [0, 0.1) is 11.8 Å². The summed E-state index contributed by atoms with van der Waals surface area (Å²) in [5, 5.41) is 0. The van der Waals surface area contributed by atoms with E-state index in [0.717, 1.165) is 38.3 Å². The van der Waals surface area contributed by atoms with Crippen LogP contribution in [0.5, 0.6) is 5.75 Å². The Bertz CT molecular complexity index is 695. The fourth-order valence-electron chi connectivity index (χ4n) is 6.10. The molecule has 1 amide bonds. The molecular formula is C22H30N2O3. The van der Waals surface area contributed by atoms with Gasteiger partial charge in [0.25, 0.3) is 0 Å². The number of rotatable bonds is 3. The fourth-order valence-corrected chi connectivity index (χ4v) is 6.10. The second-order valence-corrected chi connectivity index (χ2v) is 8.58. The van der Waals surface area contributed by atoms with Crippen LogP contribution in [-0.2, 0) is 9.53 Å². The number of benzene rings is 1. The van der Waals surface area contributed by atoms with Gasteiger partial charge in [-0.25, -0.2) is 0 Å². The molecule has 0 aliphatic carbocycles. The molecule has 5 heteroatoms. The molecule has 5 fully saturated rings. The van der Waals surface area contributed by atoms with Gasteiger partial charge in [-0.2, -0.15) is 0 Å². The Morgan fingerprint density at radius 3 is 2.56 bits per heavy atom. The highest BCUT2D eigenvalue weighted by molar-refractivity contribution is 5.80. The summed E-state index contributed by atoms with van der Waals surface area (Å²) in [4.78, 5) is 18.4. The minimum absolute atomic E-state index is 0.145. The maximum absolute atomic E-state index is 13.5. The molecule has 27 heavy (non-hydrogen) atoms. The third-order valence-corrected chi connectivity index (χ3v) is 7.39. The predicted octanol–water partition coefficient (Wildman–Crippen LogP) is 2.51. The van der Waals surface area contributed by atoms with Gasteiger partial charge in [0.2, 0.25) is 5.91 Å². The van der Waals surface area contributed by atoms with Gasteiger partial charge in [-0.3, -0.25) is 9.69 Å². The lowest BCUT2D eigenvalue weighted by molar-refractivity contribution is -0.143. The highest BCUT2D eigenvalue weighted by atomic mass is 16.5. The van der Waals surface area contributed by atoms with Gasteiger partial charge in [-0.1, -0.05) is 18.2 Å². The summed E-state index contributed by atoms with van der Waals surface area (Å²) in [6, 6.07) is 9.21. The zero-order valence-electron chi connectivity index (χ0n) is 16.2. The first-order valence-corrected chi connectivity index (χ1v) is 10.5. The number of amides is 1. The van der Waals surface area contributed by atoms with Crippen molar-refractivity contribution in [3.63, 3.8) is 0 Å². The molecule has 0 saturated carbocycles. The number of nitrogens with zero attached hydrogens (tertiary/aromatic N) is 2. The molecule has 1 aromatic carbocycles. The average molecular weight is 370 g/mol. The molecule has 1 aromatic rings. The van der Waals surface area contributed by atoms with Gasteiger partial charge < -0.3 is 14.4 Å². The number of para-hydroxylation sites is 1. The standard InChI is InChI=1S/C22H30N2O3/c1-26-19-5-3-2-4-17(19)18-14-24(22(25)16-8-12-27-13-9-16)20-15-6-10-23(11-7-15)21(18)20/h2-5,15-16,18,20-21H,6-14H2,1H3/t18-,20-,21-/m1/s1. The van der Waals surface area contributed by atoms with E-state index >= 15 is 0 Å². The van der Waals surface area contributed by atoms with Crippen molar-refractivity contribution in [3.8, 4) is 5.75 Å². The van der Waals surface area contributed by atoms with Crippen LogP contribution < -0.4 is 4.74 Å². The number of likely N-dealkylation sites (tertiary alicyclic amines) is 1. The van der Waals surface area contributed by atoms with Crippen molar-refractivity contribution in [3.05, 3.63) is 29.8 Å². The number of carbonyl (C=O) groups is 1. The van der Waals surface area contributed by atoms with Crippen molar-refractivity contribution < 1.29 is 14.3 Å². The van der Waals surface area contributed by atoms with Crippen LogP contribution in [0.2, 0.25) is 0 Å². The minimum Gasteiger partial charge on any atom is -0.496 e. The summed E-state index contributed by atoms with van der Waals surface area (Å²) in [5.41, 5.74) is 1.27. The number of piperidine rings is 3. The van der Waals surface area contributed by atoms with E-state index in [1.54, 1.807) is 7.11 Å². The molecule has 146 valence electrons. The average Bonchev–Trinajstić information content (AvgIpc) is 3.17. The zero-order chi connectivity index (χ0) is 18.4. The van der Waals surface area contributed by atoms with E-state index in [2.05, 4.69) is 28.0 Å². The lowest BCUT2D eigenvalue weighted by Gasteiger charge is -2.51. The Labute approximate surface area is 161 Å². The van der Waals surface area contributed by atoms with E-state index < -0.39 is 0 Å². The number of hydrogen-bond acceptors (Lipinski definition) is 4. The van der Waals surface area contributed by atoms with E-state index in [1.807, 2.05) is 6.07 Å². The lowest BCUT2D eigenvalue weighted by atomic mass is 9.75. The normalized spacial score (nSPS) is 35.9. The van der Waals surface area contributed by atoms with Crippen molar-refractivity contribution in [2.45, 2.75) is 43.7 Å². The van der Waals surface area contributed by atoms with E-state index in [1.165, 1.54) is 31.5 Å².